The first kappa shape index (κ1) is 20.8. The average Bonchev–Trinajstić information content (AvgIpc) is 2.84. The van der Waals surface area contributed by atoms with Crippen LogP contribution in [0, 0.1) is 5.92 Å². The van der Waals surface area contributed by atoms with Crippen LogP contribution in [0.5, 0.6) is 0 Å². The molecule has 2 heterocycles. The lowest BCUT2D eigenvalue weighted by atomic mass is 9.88. The Morgan fingerprint density at radius 2 is 1.69 bits per heavy atom. The van der Waals surface area contributed by atoms with Crippen molar-refractivity contribution in [2.24, 2.45) is 5.92 Å². The summed E-state index contributed by atoms with van der Waals surface area (Å²) in [4.78, 5) is 29.2. The summed E-state index contributed by atoms with van der Waals surface area (Å²) in [5.74, 6) is -1.47. The maximum Gasteiger partial charge on any atom is 0.394 e. The van der Waals surface area contributed by atoms with Gasteiger partial charge >= 0.3 is 12.2 Å². The SMILES string of the molecule is CN(C)C(=O)CN1CCC(NC(=O)N2CCC(C(F)(F)F)C2(C)C)CC1. The Balaban J connectivity index is 1.85. The Morgan fingerprint density at radius 3 is 2.15 bits per heavy atom. The van der Waals surface area contributed by atoms with Crippen LogP contribution >= 0.6 is 0 Å². The van der Waals surface area contributed by atoms with E-state index >= 15 is 0 Å². The number of carbonyl (C=O) groups excluding carboxylic acids is 2. The summed E-state index contributed by atoms with van der Waals surface area (Å²) in [6, 6.07) is -0.501. The van der Waals surface area contributed by atoms with Gasteiger partial charge in [-0.25, -0.2) is 4.79 Å². The molecule has 150 valence electrons. The van der Waals surface area contributed by atoms with Crippen LogP contribution in [0.4, 0.5) is 18.0 Å². The number of amides is 3. The highest BCUT2D eigenvalue weighted by molar-refractivity contribution is 5.77. The van der Waals surface area contributed by atoms with Crippen molar-refractivity contribution >= 4 is 11.9 Å². The Labute approximate surface area is 152 Å². The number of nitrogens with one attached hydrogen (secondary N) is 1. The number of likely N-dealkylation sites (tertiary alicyclic amines) is 2. The second-order valence-electron chi connectivity index (χ2n) is 7.98. The van der Waals surface area contributed by atoms with Gasteiger partial charge in [0.1, 0.15) is 0 Å². The van der Waals surface area contributed by atoms with E-state index in [9.17, 15) is 22.8 Å². The first-order chi connectivity index (χ1) is 11.9. The van der Waals surface area contributed by atoms with Crippen molar-refractivity contribution in [2.75, 3.05) is 40.3 Å². The zero-order valence-corrected chi connectivity index (χ0v) is 15.9. The molecule has 6 nitrogen and oxygen atoms in total. The number of carbonyl (C=O) groups is 2. The van der Waals surface area contributed by atoms with E-state index in [0.717, 1.165) is 0 Å². The van der Waals surface area contributed by atoms with Crippen LogP contribution in [-0.4, -0.2) is 84.7 Å². The summed E-state index contributed by atoms with van der Waals surface area (Å²) >= 11 is 0. The van der Waals surface area contributed by atoms with E-state index in [1.165, 1.54) is 18.7 Å². The molecule has 0 saturated carbocycles. The number of rotatable bonds is 3. The lowest BCUT2D eigenvalue weighted by Crippen LogP contribution is -2.56. The van der Waals surface area contributed by atoms with Gasteiger partial charge < -0.3 is 15.1 Å². The molecule has 2 fully saturated rings. The first-order valence-electron chi connectivity index (χ1n) is 9.00. The lowest BCUT2D eigenvalue weighted by molar-refractivity contribution is -0.189. The van der Waals surface area contributed by atoms with E-state index in [1.807, 2.05) is 4.90 Å². The Morgan fingerprint density at radius 1 is 1.12 bits per heavy atom. The van der Waals surface area contributed by atoms with E-state index < -0.39 is 23.7 Å². The number of hydrogen-bond acceptors (Lipinski definition) is 3. The highest BCUT2D eigenvalue weighted by atomic mass is 19.4. The third-order valence-electron chi connectivity index (χ3n) is 5.60. The predicted octanol–water partition coefficient (Wildman–Crippen LogP) is 1.91. The Kier molecular flexibility index (Phi) is 6.09. The van der Waals surface area contributed by atoms with E-state index in [4.69, 9.17) is 0 Å². The van der Waals surface area contributed by atoms with Crippen molar-refractivity contribution in [3.8, 4) is 0 Å². The summed E-state index contributed by atoms with van der Waals surface area (Å²) in [5, 5.41) is 2.88. The van der Waals surface area contributed by atoms with Crippen LogP contribution in [0.3, 0.4) is 0 Å². The molecule has 2 aliphatic heterocycles. The third kappa shape index (κ3) is 4.61. The van der Waals surface area contributed by atoms with Gasteiger partial charge in [-0.15, -0.1) is 0 Å². The number of likely N-dealkylation sites (N-methyl/N-ethyl adjacent to an activating group) is 1. The van der Waals surface area contributed by atoms with Gasteiger partial charge in [0, 0.05) is 39.8 Å². The molecule has 0 radical (unpaired) electrons. The molecule has 0 aromatic heterocycles. The van der Waals surface area contributed by atoms with Gasteiger partial charge in [0.15, 0.2) is 0 Å². The van der Waals surface area contributed by atoms with Crippen LogP contribution in [0.15, 0.2) is 0 Å². The fourth-order valence-corrected chi connectivity index (χ4v) is 3.84. The number of piperidine rings is 1. The normalized spacial score (nSPS) is 24.6. The van der Waals surface area contributed by atoms with E-state index in [-0.39, 0.29) is 24.9 Å². The van der Waals surface area contributed by atoms with Gasteiger partial charge in [0.05, 0.1) is 18.0 Å². The van der Waals surface area contributed by atoms with E-state index in [1.54, 1.807) is 19.0 Å². The minimum atomic E-state index is -4.30. The molecule has 0 aromatic carbocycles. The molecular weight excluding hydrogens is 349 g/mol. The number of halogens is 3. The summed E-state index contributed by atoms with van der Waals surface area (Å²) in [6.45, 7) is 4.78. The first-order valence-corrected chi connectivity index (χ1v) is 9.00. The summed E-state index contributed by atoms with van der Waals surface area (Å²) < 4.78 is 39.5. The van der Waals surface area contributed by atoms with Crippen LogP contribution in [0.1, 0.15) is 33.1 Å². The van der Waals surface area contributed by atoms with Crippen molar-refractivity contribution in [3.05, 3.63) is 0 Å². The molecule has 2 saturated heterocycles. The maximum absolute atomic E-state index is 13.2. The molecule has 2 rings (SSSR count). The van der Waals surface area contributed by atoms with Crippen LogP contribution < -0.4 is 5.32 Å². The minimum absolute atomic E-state index is 0.0319. The monoisotopic (exact) mass is 378 g/mol. The summed E-state index contributed by atoms with van der Waals surface area (Å²) in [5.41, 5.74) is -1.25. The summed E-state index contributed by atoms with van der Waals surface area (Å²) in [7, 11) is 3.42. The Hall–Kier alpha value is -1.51. The van der Waals surface area contributed by atoms with Gasteiger partial charge in [-0.1, -0.05) is 0 Å². The molecule has 26 heavy (non-hydrogen) atoms. The van der Waals surface area contributed by atoms with Gasteiger partial charge in [0.2, 0.25) is 5.91 Å². The van der Waals surface area contributed by atoms with Crippen molar-refractivity contribution in [2.45, 2.75) is 50.9 Å². The maximum atomic E-state index is 13.2. The summed E-state index contributed by atoms with van der Waals surface area (Å²) in [6.07, 6.45) is -3.00. The average molecular weight is 378 g/mol. The topological polar surface area (TPSA) is 55.9 Å². The van der Waals surface area contributed by atoms with Crippen LogP contribution in [-0.2, 0) is 4.79 Å². The number of alkyl halides is 3. The quantitative estimate of drug-likeness (QED) is 0.816. The zero-order chi connectivity index (χ0) is 19.7. The van der Waals surface area contributed by atoms with Crippen molar-refractivity contribution in [1.29, 1.82) is 0 Å². The molecule has 0 aromatic rings. The second-order valence-corrected chi connectivity index (χ2v) is 7.98. The lowest BCUT2D eigenvalue weighted by Gasteiger charge is -2.38. The van der Waals surface area contributed by atoms with Gasteiger partial charge in [-0.3, -0.25) is 9.69 Å². The molecule has 0 spiro atoms. The standard InChI is InChI=1S/C17H29F3N4O2/c1-16(2)13(17(18,19)20)7-10-24(16)15(26)21-12-5-8-23(9-6-12)11-14(25)22(3)4/h12-13H,5-11H2,1-4H3,(H,21,26). The number of urea groups is 1. The molecule has 1 unspecified atom stereocenters. The fraction of sp³-hybridized carbons (Fsp3) is 0.882. The minimum Gasteiger partial charge on any atom is -0.348 e. The van der Waals surface area contributed by atoms with Crippen molar-refractivity contribution in [3.63, 3.8) is 0 Å². The van der Waals surface area contributed by atoms with Gasteiger partial charge in [-0.05, 0) is 33.1 Å². The number of nitrogens with zero attached hydrogens (tertiary/aromatic N) is 3. The number of hydrogen-bond donors (Lipinski definition) is 1. The van der Waals surface area contributed by atoms with Crippen LogP contribution in [0.25, 0.3) is 0 Å². The predicted molar refractivity (Wildman–Crippen MR) is 91.6 cm³/mol. The largest absolute Gasteiger partial charge is 0.394 e. The third-order valence-corrected chi connectivity index (χ3v) is 5.60. The highest BCUT2D eigenvalue weighted by Crippen LogP contribution is 2.44. The molecule has 1 N–H and O–H groups in total. The molecule has 9 heteroatoms. The van der Waals surface area contributed by atoms with Crippen molar-refractivity contribution < 1.29 is 22.8 Å². The Bertz CT molecular complexity index is 529. The molecule has 0 aliphatic carbocycles. The molecule has 3 amide bonds. The van der Waals surface area contributed by atoms with E-state index in [0.29, 0.717) is 32.5 Å². The molecule has 1 atom stereocenters. The fourth-order valence-electron chi connectivity index (χ4n) is 3.84. The van der Waals surface area contributed by atoms with Crippen LogP contribution in [0.2, 0.25) is 0 Å². The molecular formula is C17H29F3N4O2. The van der Waals surface area contributed by atoms with Gasteiger partial charge in [-0.2, -0.15) is 13.2 Å². The van der Waals surface area contributed by atoms with E-state index in [2.05, 4.69) is 5.32 Å². The van der Waals surface area contributed by atoms with Gasteiger partial charge in [0.25, 0.3) is 0 Å². The molecule has 0 bridgehead atoms. The molecule has 2 aliphatic rings. The zero-order valence-electron chi connectivity index (χ0n) is 15.9. The smallest absolute Gasteiger partial charge is 0.348 e. The van der Waals surface area contributed by atoms with Crippen molar-refractivity contribution in [1.82, 2.24) is 20.0 Å². The second kappa shape index (κ2) is 7.62. The highest BCUT2D eigenvalue weighted by Gasteiger charge is 2.56.